The van der Waals surface area contributed by atoms with E-state index in [-0.39, 0.29) is 17.1 Å². The number of rotatable bonds is 9. The number of amides is 1. The molecule has 0 spiro atoms. The predicted molar refractivity (Wildman–Crippen MR) is 130 cm³/mol. The Kier molecular flexibility index (Phi) is 6.75. The van der Waals surface area contributed by atoms with E-state index in [1.807, 2.05) is 32.0 Å². The van der Waals surface area contributed by atoms with Crippen molar-refractivity contribution < 1.29 is 23.4 Å². The van der Waals surface area contributed by atoms with E-state index >= 15 is 0 Å². The molecule has 0 saturated carbocycles. The third-order valence-electron chi connectivity index (χ3n) is 6.00. The zero-order chi connectivity index (χ0) is 24.4. The van der Waals surface area contributed by atoms with Gasteiger partial charge < -0.3 is 23.5 Å². The first kappa shape index (κ1) is 23.6. The fourth-order valence-electron chi connectivity index (χ4n) is 4.55. The van der Waals surface area contributed by atoms with E-state index in [2.05, 4.69) is 6.58 Å². The first-order chi connectivity index (χ1) is 16.4. The topological polar surface area (TPSA) is 78.2 Å². The maximum atomic E-state index is 13.8. The lowest BCUT2D eigenvalue weighted by Gasteiger charge is -2.25. The van der Waals surface area contributed by atoms with Crippen molar-refractivity contribution in [2.75, 3.05) is 34.0 Å². The minimum Gasteiger partial charge on any atom is -0.493 e. The summed E-state index contributed by atoms with van der Waals surface area (Å²) in [6.45, 7) is 8.72. The van der Waals surface area contributed by atoms with E-state index in [9.17, 15) is 9.59 Å². The number of methoxy groups -OCH3 is 2. The van der Waals surface area contributed by atoms with Crippen molar-refractivity contribution in [3.63, 3.8) is 0 Å². The summed E-state index contributed by atoms with van der Waals surface area (Å²) in [5.74, 6) is 0.853. The minimum atomic E-state index is -0.608. The molecule has 1 aliphatic rings. The van der Waals surface area contributed by atoms with Gasteiger partial charge in [-0.1, -0.05) is 24.8 Å². The largest absolute Gasteiger partial charge is 0.493 e. The number of aryl methyl sites for hydroxylation is 2. The summed E-state index contributed by atoms with van der Waals surface area (Å²) in [4.78, 5) is 28.9. The van der Waals surface area contributed by atoms with Gasteiger partial charge in [0.2, 0.25) is 5.76 Å². The molecule has 34 heavy (non-hydrogen) atoms. The first-order valence-electron chi connectivity index (χ1n) is 11.2. The average Bonchev–Trinajstić information content (AvgIpc) is 3.10. The van der Waals surface area contributed by atoms with Crippen molar-refractivity contribution in [1.82, 2.24) is 4.90 Å². The molecule has 0 bridgehead atoms. The van der Waals surface area contributed by atoms with Crippen LogP contribution in [0.15, 0.2) is 52.2 Å². The molecule has 0 aliphatic carbocycles. The molecule has 2 heterocycles. The molecule has 2 aromatic carbocycles. The summed E-state index contributed by atoms with van der Waals surface area (Å²) >= 11 is 0. The van der Waals surface area contributed by atoms with E-state index in [0.29, 0.717) is 54.2 Å². The Labute approximate surface area is 198 Å². The van der Waals surface area contributed by atoms with Crippen LogP contribution in [-0.4, -0.2) is 44.8 Å². The van der Waals surface area contributed by atoms with Crippen LogP contribution in [0.2, 0.25) is 0 Å². The highest BCUT2D eigenvalue weighted by Gasteiger charge is 2.42. The van der Waals surface area contributed by atoms with Gasteiger partial charge in [0.1, 0.15) is 12.2 Å². The van der Waals surface area contributed by atoms with Gasteiger partial charge in [-0.2, -0.15) is 0 Å². The Morgan fingerprint density at radius 2 is 1.91 bits per heavy atom. The molecule has 7 heteroatoms. The lowest BCUT2D eigenvalue weighted by Crippen LogP contribution is -2.31. The Morgan fingerprint density at radius 3 is 2.62 bits per heavy atom. The van der Waals surface area contributed by atoms with Gasteiger partial charge in [0.15, 0.2) is 16.9 Å². The van der Waals surface area contributed by atoms with Crippen LogP contribution in [0.3, 0.4) is 0 Å². The Balaban J connectivity index is 1.91. The smallest absolute Gasteiger partial charge is 0.290 e. The predicted octanol–water partition coefficient (Wildman–Crippen LogP) is 4.56. The maximum absolute atomic E-state index is 13.8. The Bertz CT molecular complexity index is 1310. The van der Waals surface area contributed by atoms with E-state index in [4.69, 9.17) is 18.6 Å². The van der Waals surface area contributed by atoms with Gasteiger partial charge in [-0.15, -0.1) is 0 Å². The van der Waals surface area contributed by atoms with Crippen LogP contribution in [0.25, 0.3) is 11.0 Å². The molecule has 0 N–H and O–H groups in total. The van der Waals surface area contributed by atoms with Gasteiger partial charge in [-0.05, 0) is 55.2 Å². The van der Waals surface area contributed by atoms with Crippen LogP contribution in [0.5, 0.6) is 11.5 Å². The molecule has 3 aromatic rings. The molecule has 1 unspecified atom stereocenters. The van der Waals surface area contributed by atoms with Crippen LogP contribution in [0, 0.1) is 13.8 Å². The fraction of sp³-hybridized carbons (Fsp3) is 0.333. The van der Waals surface area contributed by atoms with Gasteiger partial charge >= 0.3 is 0 Å². The summed E-state index contributed by atoms with van der Waals surface area (Å²) < 4.78 is 22.5. The standard InChI is InChI=1S/C27H29NO6/c1-6-11-33-20-9-8-18(15-21(20)32-5)23-22-24(29)19-14-16(2)13-17(3)25(19)34-26(22)27(30)28(23)10-7-12-31-4/h6,8-9,13-15,23H,1,7,10-12H2,2-5H3. The van der Waals surface area contributed by atoms with Gasteiger partial charge in [0.05, 0.1) is 24.1 Å². The number of nitrogens with zero attached hydrogens (tertiary/aromatic N) is 1. The zero-order valence-electron chi connectivity index (χ0n) is 20.0. The number of hydrogen-bond acceptors (Lipinski definition) is 6. The summed E-state index contributed by atoms with van der Waals surface area (Å²) in [5.41, 5.74) is 3.13. The third-order valence-corrected chi connectivity index (χ3v) is 6.00. The quantitative estimate of drug-likeness (QED) is 0.342. The average molecular weight is 464 g/mol. The first-order valence-corrected chi connectivity index (χ1v) is 11.2. The highest BCUT2D eigenvalue weighted by molar-refractivity contribution is 5.99. The van der Waals surface area contributed by atoms with Crippen molar-refractivity contribution in [3.05, 3.63) is 81.2 Å². The highest BCUT2D eigenvalue weighted by atomic mass is 16.5. The summed E-state index contributed by atoms with van der Waals surface area (Å²) in [6.07, 6.45) is 2.27. The van der Waals surface area contributed by atoms with E-state index < -0.39 is 6.04 Å². The summed E-state index contributed by atoms with van der Waals surface area (Å²) in [6, 6.07) is 8.59. The van der Waals surface area contributed by atoms with Crippen LogP contribution < -0.4 is 14.9 Å². The number of fused-ring (bicyclic) bond motifs is 2. The molecular formula is C27H29NO6. The van der Waals surface area contributed by atoms with Gasteiger partial charge in [-0.25, -0.2) is 0 Å². The Morgan fingerprint density at radius 1 is 1.12 bits per heavy atom. The lowest BCUT2D eigenvalue weighted by molar-refractivity contribution is 0.0707. The van der Waals surface area contributed by atoms with Crippen molar-refractivity contribution in [1.29, 1.82) is 0 Å². The summed E-state index contributed by atoms with van der Waals surface area (Å²) in [7, 11) is 3.17. The second-order valence-electron chi connectivity index (χ2n) is 8.39. The Hall–Kier alpha value is -3.58. The molecule has 0 radical (unpaired) electrons. The number of ether oxygens (including phenoxy) is 3. The van der Waals surface area contributed by atoms with Crippen LogP contribution >= 0.6 is 0 Å². The molecule has 0 saturated heterocycles. The lowest BCUT2D eigenvalue weighted by atomic mass is 9.97. The molecule has 1 amide bonds. The number of benzene rings is 2. The van der Waals surface area contributed by atoms with E-state index in [0.717, 1.165) is 16.7 Å². The van der Waals surface area contributed by atoms with Crippen LogP contribution in [-0.2, 0) is 4.74 Å². The molecule has 1 atom stereocenters. The van der Waals surface area contributed by atoms with Crippen LogP contribution in [0.4, 0.5) is 0 Å². The van der Waals surface area contributed by atoms with Crippen LogP contribution in [0.1, 0.15) is 45.3 Å². The zero-order valence-corrected chi connectivity index (χ0v) is 20.0. The van der Waals surface area contributed by atoms with Crippen molar-refractivity contribution in [2.24, 2.45) is 0 Å². The van der Waals surface area contributed by atoms with Crippen molar-refractivity contribution in [3.8, 4) is 11.5 Å². The molecule has 1 aliphatic heterocycles. The minimum absolute atomic E-state index is 0.0952. The van der Waals surface area contributed by atoms with E-state index in [1.54, 1.807) is 37.3 Å². The molecule has 4 rings (SSSR count). The second-order valence-corrected chi connectivity index (χ2v) is 8.39. The van der Waals surface area contributed by atoms with Gasteiger partial charge in [0.25, 0.3) is 5.91 Å². The maximum Gasteiger partial charge on any atom is 0.290 e. The SMILES string of the molecule is C=CCOc1ccc(C2c3c(oc4c(C)cc(C)cc4c3=O)C(=O)N2CCCOC)cc1OC. The highest BCUT2D eigenvalue weighted by Crippen LogP contribution is 2.41. The van der Waals surface area contributed by atoms with Crippen molar-refractivity contribution in [2.45, 2.75) is 26.3 Å². The summed E-state index contributed by atoms with van der Waals surface area (Å²) in [5, 5.41) is 0.477. The molecular weight excluding hydrogens is 434 g/mol. The number of carbonyl (C=O) groups is 1. The molecule has 1 aromatic heterocycles. The third kappa shape index (κ3) is 4.07. The van der Waals surface area contributed by atoms with E-state index in [1.165, 1.54) is 0 Å². The molecule has 7 nitrogen and oxygen atoms in total. The molecule has 0 fully saturated rings. The number of hydrogen-bond donors (Lipinski definition) is 0. The normalized spacial score (nSPS) is 15.0. The fourth-order valence-corrected chi connectivity index (χ4v) is 4.55. The number of carbonyl (C=O) groups excluding carboxylic acids is 1. The molecule has 178 valence electrons. The monoisotopic (exact) mass is 463 g/mol. The van der Waals surface area contributed by atoms with Gasteiger partial charge in [0, 0.05) is 20.3 Å². The second kappa shape index (κ2) is 9.73. The van der Waals surface area contributed by atoms with Gasteiger partial charge in [-0.3, -0.25) is 9.59 Å². The van der Waals surface area contributed by atoms with Crippen molar-refractivity contribution >= 4 is 16.9 Å².